The van der Waals surface area contributed by atoms with Crippen LogP contribution in [0.5, 0.6) is 11.5 Å². The number of thiazole rings is 1. The average molecular weight is 515 g/mol. The fourth-order valence-corrected chi connectivity index (χ4v) is 5.35. The van der Waals surface area contributed by atoms with Crippen molar-refractivity contribution < 1.29 is 24.2 Å². The van der Waals surface area contributed by atoms with Crippen LogP contribution in [0.4, 0.5) is 5.13 Å². The molecular weight excluding hydrogens is 488 g/mol. The van der Waals surface area contributed by atoms with Crippen molar-refractivity contribution in [1.29, 1.82) is 0 Å². The van der Waals surface area contributed by atoms with Crippen molar-refractivity contribution in [3.05, 3.63) is 89.0 Å². The first-order valence-corrected chi connectivity index (χ1v) is 12.8. The van der Waals surface area contributed by atoms with E-state index >= 15 is 0 Å². The number of aliphatic hydroxyl groups is 1. The highest BCUT2D eigenvalue weighted by Gasteiger charge is 2.48. The number of rotatable bonds is 7. The summed E-state index contributed by atoms with van der Waals surface area (Å²) in [5, 5.41) is 11.7. The van der Waals surface area contributed by atoms with Gasteiger partial charge in [0.05, 0.1) is 35.5 Å². The van der Waals surface area contributed by atoms with E-state index in [0.717, 1.165) is 16.7 Å². The largest absolute Gasteiger partial charge is 0.507 e. The lowest BCUT2D eigenvalue weighted by Gasteiger charge is -2.23. The number of methoxy groups -OCH3 is 1. The molecule has 0 spiro atoms. The topological polar surface area (TPSA) is 89.0 Å². The third-order valence-corrected chi connectivity index (χ3v) is 7.22. The van der Waals surface area contributed by atoms with E-state index in [1.807, 2.05) is 56.3 Å². The molecule has 1 unspecified atom stereocenters. The van der Waals surface area contributed by atoms with E-state index in [0.29, 0.717) is 39.9 Å². The van der Waals surface area contributed by atoms with Crippen LogP contribution >= 0.6 is 11.3 Å². The predicted molar refractivity (Wildman–Crippen MR) is 144 cm³/mol. The van der Waals surface area contributed by atoms with Crippen LogP contribution in [0.3, 0.4) is 0 Å². The van der Waals surface area contributed by atoms with Gasteiger partial charge in [0.25, 0.3) is 5.78 Å². The smallest absolute Gasteiger partial charge is 0.301 e. The summed E-state index contributed by atoms with van der Waals surface area (Å²) in [4.78, 5) is 33.0. The Labute approximate surface area is 218 Å². The van der Waals surface area contributed by atoms with Crippen molar-refractivity contribution in [2.75, 3.05) is 18.6 Å². The zero-order chi connectivity index (χ0) is 26.1. The molecule has 1 N–H and O–H groups in total. The minimum Gasteiger partial charge on any atom is -0.507 e. The summed E-state index contributed by atoms with van der Waals surface area (Å²) in [7, 11) is 1.58. The van der Waals surface area contributed by atoms with Crippen LogP contribution in [-0.4, -0.2) is 35.5 Å². The summed E-state index contributed by atoms with van der Waals surface area (Å²) in [6.07, 6.45) is 0.839. The van der Waals surface area contributed by atoms with Gasteiger partial charge in [-0.05, 0) is 49.2 Å². The number of carbonyl (C=O) groups excluding carboxylic acids is 2. The summed E-state index contributed by atoms with van der Waals surface area (Å²) in [5.41, 5.74) is 2.80. The van der Waals surface area contributed by atoms with Gasteiger partial charge < -0.3 is 14.6 Å². The molecule has 1 atom stereocenters. The van der Waals surface area contributed by atoms with E-state index in [2.05, 4.69) is 4.98 Å². The molecule has 37 heavy (non-hydrogen) atoms. The fourth-order valence-electron chi connectivity index (χ4n) is 4.33. The second-order valence-corrected chi connectivity index (χ2v) is 9.80. The fraction of sp³-hybridized carbons (Fsp3) is 0.207. The zero-order valence-electron chi connectivity index (χ0n) is 20.7. The average Bonchev–Trinajstić information content (AvgIpc) is 3.45. The van der Waals surface area contributed by atoms with Crippen molar-refractivity contribution in [1.82, 2.24) is 4.98 Å². The molecule has 3 aromatic carbocycles. The zero-order valence-corrected chi connectivity index (χ0v) is 21.5. The number of aliphatic hydroxyl groups excluding tert-OH is 1. The molecule has 0 bridgehead atoms. The first kappa shape index (κ1) is 24.5. The predicted octanol–water partition coefficient (Wildman–Crippen LogP) is 6.03. The number of hydrogen-bond acceptors (Lipinski definition) is 7. The van der Waals surface area contributed by atoms with Crippen LogP contribution in [0, 0.1) is 6.92 Å². The molecule has 1 fully saturated rings. The molecule has 0 saturated carbocycles. The SMILES string of the molecule is CCCOc1cccc(C2/C(=C(\O)c3ccc(C)cc3)C(=O)C(=O)N2c2nc3ccc(OC)cc3s2)c1. The van der Waals surface area contributed by atoms with Crippen molar-refractivity contribution >= 4 is 44.1 Å². The van der Waals surface area contributed by atoms with Gasteiger partial charge in [0.2, 0.25) is 0 Å². The summed E-state index contributed by atoms with van der Waals surface area (Å²) in [5.74, 6) is -0.450. The number of carbonyl (C=O) groups is 2. The maximum Gasteiger partial charge on any atom is 0.301 e. The number of ketones is 1. The Kier molecular flexibility index (Phi) is 6.67. The van der Waals surface area contributed by atoms with Crippen LogP contribution in [0.25, 0.3) is 16.0 Å². The highest BCUT2D eigenvalue weighted by Crippen LogP contribution is 2.45. The van der Waals surface area contributed by atoms with Crippen LogP contribution in [-0.2, 0) is 9.59 Å². The third kappa shape index (κ3) is 4.56. The summed E-state index contributed by atoms with van der Waals surface area (Å²) < 4.78 is 12.0. The maximum absolute atomic E-state index is 13.5. The molecule has 1 saturated heterocycles. The van der Waals surface area contributed by atoms with Gasteiger partial charge in [-0.2, -0.15) is 0 Å². The van der Waals surface area contributed by atoms with Crippen molar-refractivity contribution in [3.63, 3.8) is 0 Å². The number of Topliss-reactive ketones (excluding diaryl/α,β-unsaturated/α-hetero) is 1. The lowest BCUT2D eigenvalue weighted by Crippen LogP contribution is -2.29. The second kappa shape index (κ2) is 10.1. The molecule has 5 rings (SSSR count). The third-order valence-electron chi connectivity index (χ3n) is 6.21. The van der Waals surface area contributed by atoms with Crippen molar-refractivity contribution in [2.45, 2.75) is 26.3 Å². The molecule has 2 heterocycles. The van der Waals surface area contributed by atoms with Gasteiger partial charge in [-0.15, -0.1) is 0 Å². The Hall–Kier alpha value is -4.17. The van der Waals surface area contributed by atoms with Crippen LogP contribution in [0.1, 0.15) is 36.1 Å². The molecule has 1 aliphatic heterocycles. The number of amides is 1. The molecule has 1 aliphatic rings. The Balaban J connectivity index is 1.69. The van der Waals surface area contributed by atoms with Crippen molar-refractivity contribution in [2.24, 2.45) is 0 Å². The number of aryl methyl sites for hydroxylation is 1. The maximum atomic E-state index is 13.5. The number of benzene rings is 3. The highest BCUT2D eigenvalue weighted by atomic mass is 32.1. The van der Waals surface area contributed by atoms with E-state index in [1.165, 1.54) is 16.2 Å². The minimum absolute atomic E-state index is 0.0123. The first-order chi connectivity index (χ1) is 17.9. The summed E-state index contributed by atoms with van der Waals surface area (Å²) in [6, 6.07) is 19.0. The number of anilines is 1. The van der Waals surface area contributed by atoms with Gasteiger partial charge in [-0.3, -0.25) is 14.5 Å². The number of hydrogen-bond donors (Lipinski definition) is 1. The van der Waals surface area contributed by atoms with Gasteiger partial charge in [0.1, 0.15) is 17.3 Å². The molecule has 188 valence electrons. The van der Waals surface area contributed by atoms with Gasteiger partial charge in [0, 0.05) is 5.56 Å². The number of aromatic nitrogens is 1. The summed E-state index contributed by atoms with van der Waals surface area (Å²) in [6.45, 7) is 4.49. The number of nitrogens with zero attached hydrogens (tertiary/aromatic N) is 2. The Morgan fingerprint density at radius 1 is 1.05 bits per heavy atom. The quantitative estimate of drug-likeness (QED) is 0.184. The van der Waals surface area contributed by atoms with E-state index in [1.54, 1.807) is 31.4 Å². The van der Waals surface area contributed by atoms with Gasteiger partial charge in [-0.25, -0.2) is 4.98 Å². The summed E-state index contributed by atoms with van der Waals surface area (Å²) >= 11 is 1.28. The highest BCUT2D eigenvalue weighted by molar-refractivity contribution is 7.22. The molecule has 0 radical (unpaired) electrons. The Morgan fingerprint density at radius 3 is 2.57 bits per heavy atom. The lowest BCUT2D eigenvalue weighted by atomic mass is 9.95. The normalized spacial score (nSPS) is 16.9. The van der Waals surface area contributed by atoms with E-state index < -0.39 is 17.7 Å². The van der Waals surface area contributed by atoms with Crippen LogP contribution in [0.2, 0.25) is 0 Å². The number of ether oxygens (including phenoxy) is 2. The molecule has 1 aromatic heterocycles. The lowest BCUT2D eigenvalue weighted by molar-refractivity contribution is -0.132. The van der Waals surface area contributed by atoms with Gasteiger partial charge in [0.15, 0.2) is 5.13 Å². The number of fused-ring (bicyclic) bond motifs is 1. The van der Waals surface area contributed by atoms with Gasteiger partial charge in [-0.1, -0.05) is 60.2 Å². The molecule has 1 amide bonds. The minimum atomic E-state index is -0.881. The Morgan fingerprint density at radius 2 is 1.84 bits per heavy atom. The van der Waals surface area contributed by atoms with Gasteiger partial charge >= 0.3 is 5.91 Å². The monoisotopic (exact) mass is 514 g/mol. The van der Waals surface area contributed by atoms with E-state index in [4.69, 9.17) is 9.47 Å². The molecule has 8 heteroatoms. The molecular formula is C29H26N2O5S. The first-order valence-electron chi connectivity index (χ1n) is 12.0. The van der Waals surface area contributed by atoms with E-state index in [9.17, 15) is 14.7 Å². The van der Waals surface area contributed by atoms with Crippen molar-refractivity contribution in [3.8, 4) is 11.5 Å². The van der Waals surface area contributed by atoms with Crippen LogP contribution in [0.15, 0.2) is 72.3 Å². The molecule has 4 aromatic rings. The Bertz CT molecular complexity index is 1520. The molecule has 7 nitrogen and oxygen atoms in total. The second-order valence-electron chi connectivity index (χ2n) is 8.79. The standard InChI is InChI=1S/C29H26N2O5S/c1-4-14-36-21-7-5-6-19(15-21)25-24(26(32)18-10-8-17(2)9-11-18)27(33)28(34)31(25)29-30-22-13-12-20(35-3)16-23(22)37-29/h5-13,15-16,25,32H,4,14H2,1-3H3/b26-24+. The van der Waals surface area contributed by atoms with E-state index in [-0.39, 0.29) is 11.3 Å². The van der Waals surface area contributed by atoms with Crippen LogP contribution < -0.4 is 14.4 Å². The molecule has 0 aliphatic carbocycles.